The van der Waals surface area contributed by atoms with Crippen LogP contribution in [-0.2, 0) is 0 Å². The van der Waals surface area contributed by atoms with Crippen molar-refractivity contribution in [3.63, 3.8) is 0 Å². The predicted molar refractivity (Wildman–Crippen MR) is 101 cm³/mol. The van der Waals surface area contributed by atoms with Gasteiger partial charge in [-0.25, -0.2) is 4.98 Å². The standard InChI is InChI=1S/C16H26BClN2O2Si/c1-10(2)23(11(3)4,12(5)6)20-8-7-13-15(18)14(17(21)22)9-19-16(13)20/h7-12,21-22H,1-6H3. The number of nitrogens with zero attached hydrogens (tertiary/aromatic N) is 2. The highest BCUT2D eigenvalue weighted by molar-refractivity contribution is 6.82. The van der Waals surface area contributed by atoms with E-state index in [4.69, 9.17) is 11.6 Å². The van der Waals surface area contributed by atoms with E-state index in [0.29, 0.717) is 21.6 Å². The van der Waals surface area contributed by atoms with Crippen LogP contribution in [0.2, 0.25) is 21.6 Å². The van der Waals surface area contributed by atoms with Crippen LogP contribution in [0.15, 0.2) is 18.5 Å². The molecule has 0 saturated carbocycles. The summed E-state index contributed by atoms with van der Waals surface area (Å²) in [5, 5.41) is 20.0. The lowest BCUT2D eigenvalue weighted by atomic mass is 9.81. The van der Waals surface area contributed by atoms with Crippen molar-refractivity contribution in [2.45, 2.75) is 58.2 Å². The number of hydrogen-bond acceptors (Lipinski definition) is 3. The van der Waals surface area contributed by atoms with Crippen LogP contribution in [0.4, 0.5) is 0 Å². The summed E-state index contributed by atoms with van der Waals surface area (Å²) >= 11 is 6.38. The summed E-state index contributed by atoms with van der Waals surface area (Å²) in [7, 11) is -3.52. The maximum atomic E-state index is 9.43. The van der Waals surface area contributed by atoms with Crippen molar-refractivity contribution in [2.24, 2.45) is 0 Å². The zero-order valence-corrected chi connectivity index (χ0v) is 16.5. The highest BCUT2D eigenvalue weighted by atomic mass is 35.5. The van der Waals surface area contributed by atoms with Gasteiger partial charge in [-0.1, -0.05) is 53.1 Å². The Morgan fingerprint density at radius 1 is 1.09 bits per heavy atom. The number of fused-ring (bicyclic) bond motifs is 1. The molecule has 0 spiro atoms. The van der Waals surface area contributed by atoms with Gasteiger partial charge in [-0.3, -0.25) is 0 Å². The highest BCUT2D eigenvalue weighted by Crippen LogP contribution is 2.44. The number of aromatic nitrogens is 2. The van der Waals surface area contributed by atoms with E-state index in [0.717, 1.165) is 11.0 Å². The van der Waals surface area contributed by atoms with Crippen molar-refractivity contribution < 1.29 is 10.0 Å². The summed E-state index contributed by atoms with van der Waals surface area (Å²) in [6.45, 7) is 13.8. The van der Waals surface area contributed by atoms with Gasteiger partial charge in [0.2, 0.25) is 0 Å². The minimum Gasteiger partial charge on any atom is -0.423 e. The quantitative estimate of drug-likeness (QED) is 0.811. The van der Waals surface area contributed by atoms with Gasteiger partial charge in [0.25, 0.3) is 0 Å². The topological polar surface area (TPSA) is 58.3 Å². The van der Waals surface area contributed by atoms with E-state index in [-0.39, 0.29) is 5.46 Å². The first-order valence-electron chi connectivity index (χ1n) is 8.17. The van der Waals surface area contributed by atoms with Gasteiger partial charge in [0.15, 0.2) is 8.24 Å². The molecule has 0 fully saturated rings. The SMILES string of the molecule is CC(C)[Si](C(C)C)(C(C)C)n1ccc2c(Cl)c(B(O)O)cnc21. The molecular formula is C16H26BClN2O2Si. The molecule has 23 heavy (non-hydrogen) atoms. The van der Waals surface area contributed by atoms with Crippen molar-refractivity contribution in [2.75, 3.05) is 0 Å². The second-order valence-electron chi connectivity index (χ2n) is 7.18. The van der Waals surface area contributed by atoms with Crippen LogP contribution >= 0.6 is 11.6 Å². The van der Waals surface area contributed by atoms with E-state index in [1.807, 2.05) is 6.07 Å². The fourth-order valence-electron chi connectivity index (χ4n) is 4.40. The fourth-order valence-corrected chi connectivity index (χ4v) is 11.2. The lowest BCUT2D eigenvalue weighted by Gasteiger charge is -2.44. The van der Waals surface area contributed by atoms with Crippen LogP contribution < -0.4 is 5.46 Å². The Bertz CT molecular complexity index is 679. The zero-order valence-electron chi connectivity index (χ0n) is 14.7. The van der Waals surface area contributed by atoms with Gasteiger partial charge in [-0.2, -0.15) is 0 Å². The molecular weight excluding hydrogens is 327 g/mol. The fraction of sp³-hybridized carbons (Fsp3) is 0.562. The average molecular weight is 353 g/mol. The lowest BCUT2D eigenvalue weighted by molar-refractivity contribution is 0.425. The molecule has 0 amide bonds. The highest BCUT2D eigenvalue weighted by Gasteiger charge is 2.46. The number of rotatable bonds is 5. The van der Waals surface area contributed by atoms with Crippen molar-refractivity contribution >= 4 is 43.5 Å². The largest absolute Gasteiger partial charge is 0.491 e. The Morgan fingerprint density at radius 2 is 1.61 bits per heavy atom. The van der Waals surface area contributed by atoms with Crippen molar-refractivity contribution in [1.29, 1.82) is 0 Å². The Morgan fingerprint density at radius 3 is 2.04 bits per heavy atom. The number of pyridine rings is 1. The second-order valence-corrected chi connectivity index (χ2v) is 13.3. The molecule has 7 heteroatoms. The second kappa shape index (κ2) is 6.59. The third-order valence-corrected chi connectivity index (χ3v) is 12.3. The molecule has 2 aromatic rings. The van der Waals surface area contributed by atoms with Gasteiger partial charge < -0.3 is 14.3 Å². The zero-order chi connectivity index (χ0) is 17.5. The van der Waals surface area contributed by atoms with E-state index in [9.17, 15) is 10.0 Å². The van der Waals surface area contributed by atoms with Crippen LogP contribution in [0.25, 0.3) is 11.0 Å². The van der Waals surface area contributed by atoms with Crippen LogP contribution in [0.3, 0.4) is 0 Å². The predicted octanol–water partition coefficient (Wildman–Crippen LogP) is 3.39. The Labute approximate surface area is 144 Å². The minimum atomic E-state index is -1.91. The monoisotopic (exact) mass is 352 g/mol. The Kier molecular flexibility index (Phi) is 5.31. The number of halogens is 1. The smallest absolute Gasteiger partial charge is 0.423 e. The summed E-state index contributed by atoms with van der Waals surface area (Å²) < 4.78 is 2.36. The van der Waals surface area contributed by atoms with Crippen molar-refractivity contribution in [3.8, 4) is 0 Å². The average Bonchev–Trinajstić information content (AvgIpc) is 2.83. The molecule has 2 N–H and O–H groups in total. The first-order valence-corrected chi connectivity index (χ1v) is 10.7. The Hall–Kier alpha value is -0.818. The molecule has 0 aromatic carbocycles. The third kappa shape index (κ3) is 2.76. The van der Waals surface area contributed by atoms with E-state index >= 15 is 0 Å². The maximum Gasteiger partial charge on any atom is 0.491 e. The summed E-state index contributed by atoms with van der Waals surface area (Å²) in [4.78, 5) is 4.53. The normalized spacial score (nSPS) is 12.9. The van der Waals surface area contributed by atoms with Gasteiger partial charge >= 0.3 is 7.12 Å². The molecule has 0 radical (unpaired) electrons. The minimum absolute atomic E-state index is 0.253. The van der Waals surface area contributed by atoms with E-state index in [1.54, 1.807) is 0 Å². The van der Waals surface area contributed by atoms with Crippen LogP contribution in [0.5, 0.6) is 0 Å². The summed E-state index contributed by atoms with van der Waals surface area (Å²) in [6, 6.07) is 1.95. The van der Waals surface area contributed by atoms with Gasteiger partial charge in [0.05, 0.1) is 5.02 Å². The molecule has 2 aromatic heterocycles. The van der Waals surface area contributed by atoms with Crippen LogP contribution in [0.1, 0.15) is 41.5 Å². The molecule has 4 nitrogen and oxygen atoms in total. The summed E-state index contributed by atoms with van der Waals surface area (Å²) in [5.41, 5.74) is 2.73. The first-order chi connectivity index (χ1) is 10.7. The van der Waals surface area contributed by atoms with Gasteiger partial charge in [-0.05, 0) is 28.9 Å². The molecule has 0 saturated heterocycles. The van der Waals surface area contributed by atoms with Crippen molar-refractivity contribution in [1.82, 2.24) is 9.22 Å². The third-order valence-electron chi connectivity index (χ3n) is 5.15. The molecule has 0 aliphatic rings. The number of hydrogen-bond donors (Lipinski definition) is 2. The van der Waals surface area contributed by atoms with Gasteiger partial charge in [0, 0.05) is 17.0 Å². The summed E-state index contributed by atoms with van der Waals surface area (Å²) in [6.07, 6.45) is 3.56. The molecule has 2 heterocycles. The first kappa shape index (κ1) is 18.5. The van der Waals surface area contributed by atoms with Crippen LogP contribution in [0, 0.1) is 0 Å². The summed E-state index contributed by atoms with van der Waals surface area (Å²) in [5.74, 6) is 0. The van der Waals surface area contributed by atoms with Gasteiger partial charge in [0.1, 0.15) is 5.65 Å². The molecule has 0 atom stereocenters. The van der Waals surface area contributed by atoms with Gasteiger partial charge in [-0.15, -0.1) is 0 Å². The molecule has 126 valence electrons. The molecule has 0 bridgehead atoms. The maximum absolute atomic E-state index is 9.43. The molecule has 0 aliphatic carbocycles. The van der Waals surface area contributed by atoms with E-state index < -0.39 is 15.4 Å². The lowest BCUT2D eigenvalue weighted by Crippen LogP contribution is -2.51. The molecule has 2 rings (SSSR count). The molecule has 0 aliphatic heterocycles. The Balaban J connectivity index is 2.79. The van der Waals surface area contributed by atoms with E-state index in [1.165, 1.54) is 6.20 Å². The van der Waals surface area contributed by atoms with Crippen LogP contribution in [-0.4, -0.2) is 34.6 Å². The van der Waals surface area contributed by atoms with Crippen molar-refractivity contribution in [3.05, 3.63) is 23.5 Å². The molecule has 0 unspecified atom stereocenters. The van der Waals surface area contributed by atoms with E-state index in [2.05, 4.69) is 57.0 Å².